The van der Waals surface area contributed by atoms with Crippen LogP contribution in [0.25, 0.3) is 0 Å². The number of aromatic nitrogens is 2. The summed E-state index contributed by atoms with van der Waals surface area (Å²) < 4.78 is 5.28. The third-order valence-electron chi connectivity index (χ3n) is 2.30. The molecule has 1 aromatic carbocycles. The van der Waals surface area contributed by atoms with Crippen LogP contribution in [-0.2, 0) is 5.75 Å². The van der Waals surface area contributed by atoms with Crippen LogP contribution < -0.4 is 10.5 Å². The van der Waals surface area contributed by atoms with Crippen molar-refractivity contribution < 1.29 is 4.74 Å². The zero-order valence-corrected chi connectivity index (χ0v) is 11.3. The Balaban J connectivity index is 2.15. The second-order valence-electron chi connectivity index (χ2n) is 3.49. The predicted octanol–water partition coefficient (Wildman–Crippen LogP) is 3.01. The molecule has 0 bridgehead atoms. The van der Waals surface area contributed by atoms with Crippen LogP contribution in [0.5, 0.6) is 5.75 Å². The van der Waals surface area contributed by atoms with Crippen LogP contribution in [0.2, 0.25) is 5.02 Å². The number of methoxy groups -OCH3 is 1. The van der Waals surface area contributed by atoms with Gasteiger partial charge in [0.15, 0.2) is 5.82 Å². The Kier molecular flexibility index (Phi) is 4.28. The summed E-state index contributed by atoms with van der Waals surface area (Å²) in [7, 11) is 1.63. The second kappa shape index (κ2) is 5.93. The largest absolute Gasteiger partial charge is 0.496 e. The van der Waals surface area contributed by atoms with E-state index in [1.165, 1.54) is 11.8 Å². The van der Waals surface area contributed by atoms with E-state index in [0.717, 1.165) is 11.3 Å². The van der Waals surface area contributed by atoms with E-state index in [9.17, 15) is 0 Å². The molecular formula is C12H12ClN3OS. The van der Waals surface area contributed by atoms with Gasteiger partial charge in [0.2, 0.25) is 0 Å². The lowest BCUT2D eigenvalue weighted by Gasteiger charge is -2.08. The Bertz CT molecular complexity index is 551. The number of anilines is 1. The lowest BCUT2D eigenvalue weighted by atomic mass is 10.2. The molecule has 0 atom stereocenters. The predicted molar refractivity (Wildman–Crippen MR) is 74.0 cm³/mol. The minimum atomic E-state index is 0.434. The van der Waals surface area contributed by atoms with E-state index in [1.54, 1.807) is 25.6 Å². The van der Waals surface area contributed by atoms with E-state index in [2.05, 4.69) is 9.97 Å². The SMILES string of the molecule is COc1ccc(Cl)cc1CSc1nccnc1N. The average molecular weight is 282 g/mol. The molecule has 1 aromatic heterocycles. The van der Waals surface area contributed by atoms with Gasteiger partial charge in [-0.1, -0.05) is 23.4 Å². The number of ether oxygens (including phenoxy) is 1. The maximum atomic E-state index is 5.97. The van der Waals surface area contributed by atoms with Crippen LogP contribution in [-0.4, -0.2) is 17.1 Å². The van der Waals surface area contributed by atoms with Gasteiger partial charge in [0, 0.05) is 28.7 Å². The number of benzene rings is 1. The standard InChI is InChI=1S/C12H12ClN3OS/c1-17-10-3-2-9(13)6-8(10)7-18-12-11(14)15-4-5-16-12/h2-6H,7H2,1H3,(H2,14,15). The molecule has 0 aliphatic rings. The summed E-state index contributed by atoms with van der Waals surface area (Å²) in [6.45, 7) is 0. The summed E-state index contributed by atoms with van der Waals surface area (Å²) >= 11 is 7.47. The fourth-order valence-corrected chi connectivity index (χ4v) is 2.50. The Morgan fingerprint density at radius 2 is 2.11 bits per heavy atom. The van der Waals surface area contributed by atoms with Crippen molar-refractivity contribution in [1.29, 1.82) is 0 Å². The lowest BCUT2D eigenvalue weighted by Crippen LogP contribution is -1.96. The molecule has 4 nitrogen and oxygen atoms in total. The van der Waals surface area contributed by atoms with Gasteiger partial charge in [-0.25, -0.2) is 9.97 Å². The van der Waals surface area contributed by atoms with Crippen LogP contribution >= 0.6 is 23.4 Å². The van der Waals surface area contributed by atoms with E-state index in [0.29, 0.717) is 21.6 Å². The smallest absolute Gasteiger partial charge is 0.156 e. The van der Waals surface area contributed by atoms with Gasteiger partial charge >= 0.3 is 0 Å². The van der Waals surface area contributed by atoms with Crippen molar-refractivity contribution in [1.82, 2.24) is 9.97 Å². The summed E-state index contributed by atoms with van der Waals surface area (Å²) in [5.41, 5.74) is 6.73. The van der Waals surface area contributed by atoms with Crippen LogP contribution in [0.1, 0.15) is 5.56 Å². The van der Waals surface area contributed by atoms with Gasteiger partial charge in [-0.05, 0) is 18.2 Å². The number of nitrogens with zero attached hydrogens (tertiary/aromatic N) is 2. The fourth-order valence-electron chi connectivity index (χ4n) is 1.45. The summed E-state index contributed by atoms with van der Waals surface area (Å²) in [4.78, 5) is 8.16. The van der Waals surface area contributed by atoms with E-state index >= 15 is 0 Å². The lowest BCUT2D eigenvalue weighted by molar-refractivity contribution is 0.411. The van der Waals surface area contributed by atoms with Crippen LogP contribution in [0.15, 0.2) is 35.6 Å². The maximum Gasteiger partial charge on any atom is 0.156 e. The topological polar surface area (TPSA) is 61.0 Å². The molecule has 0 saturated heterocycles. The van der Waals surface area contributed by atoms with Crippen molar-refractivity contribution >= 4 is 29.2 Å². The molecule has 94 valence electrons. The van der Waals surface area contributed by atoms with E-state index in [1.807, 2.05) is 12.1 Å². The Hall–Kier alpha value is -1.46. The molecule has 0 radical (unpaired) electrons. The maximum absolute atomic E-state index is 5.97. The highest BCUT2D eigenvalue weighted by atomic mass is 35.5. The third-order valence-corrected chi connectivity index (χ3v) is 3.58. The highest BCUT2D eigenvalue weighted by Gasteiger charge is 2.07. The first-order valence-corrected chi connectivity index (χ1v) is 6.58. The van der Waals surface area contributed by atoms with Crippen molar-refractivity contribution in [3.05, 3.63) is 41.2 Å². The van der Waals surface area contributed by atoms with E-state index in [4.69, 9.17) is 22.1 Å². The zero-order valence-electron chi connectivity index (χ0n) is 9.76. The molecule has 0 unspecified atom stereocenters. The molecular weight excluding hydrogens is 270 g/mol. The van der Waals surface area contributed by atoms with Gasteiger partial charge in [-0.2, -0.15) is 0 Å². The molecule has 6 heteroatoms. The zero-order chi connectivity index (χ0) is 13.0. The number of nitrogen functional groups attached to an aromatic ring is 1. The quantitative estimate of drug-likeness (QED) is 0.873. The van der Waals surface area contributed by atoms with Crippen LogP contribution in [0.4, 0.5) is 5.82 Å². The molecule has 1 heterocycles. The minimum absolute atomic E-state index is 0.434. The van der Waals surface area contributed by atoms with Crippen LogP contribution in [0, 0.1) is 0 Å². The first-order chi connectivity index (χ1) is 8.70. The molecule has 2 N–H and O–H groups in total. The molecule has 0 aliphatic heterocycles. The second-order valence-corrected chi connectivity index (χ2v) is 4.89. The normalized spacial score (nSPS) is 10.3. The minimum Gasteiger partial charge on any atom is -0.496 e. The van der Waals surface area contributed by atoms with Crippen LogP contribution in [0.3, 0.4) is 0 Å². The first-order valence-electron chi connectivity index (χ1n) is 5.22. The molecule has 2 rings (SSSR count). The van der Waals surface area contributed by atoms with E-state index < -0.39 is 0 Å². The van der Waals surface area contributed by atoms with Crippen molar-refractivity contribution in [3.8, 4) is 5.75 Å². The Morgan fingerprint density at radius 3 is 2.83 bits per heavy atom. The summed E-state index contributed by atoms with van der Waals surface area (Å²) in [5.74, 6) is 1.91. The van der Waals surface area contributed by atoms with Crippen molar-refractivity contribution in [3.63, 3.8) is 0 Å². The van der Waals surface area contributed by atoms with Gasteiger partial charge in [0.25, 0.3) is 0 Å². The van der Waals surface area contributed by atoms with Gasteiger partial charge in [0.05, 0.1) is 7.11 Å². The summed E-state index contributed by atoms with van der Waals surface area (Å²) in [6, 6.07) is 5.52. The average Bonchev–Trinajstić information content (AvgIpc) is 2.38. The summed E-state index contributed by atoms with van der Waals surface area (Å²) in [5, 5.41) is 1.39. The Morgan fingerprint density at radius 1 is 1.33 bits per heavy atom. The molecule has 0 saturated carbocycles. The molecule has 2 aromatic rings. The van der Waals surface area contributed by atoms with Gasteiger partial charge in [-0.3, -0.25) is 0 Å². The number of halogens is 1. The molecule has 0 amide bonds. The summed E-state index contributed by atoms with van der Waals surface area (Å²) in [6.07, 6.45) is 3.19. The third kappa shape index (κ3) is 3.05. The van der Waals surface area contributed by atoms with Gasteiger partial charge in [-0.15, -0.1) is 0 Å². The van der Waals surface area contributed by atoms with E-state index in [-0.39, 0.29) is 0 Å². The fraction of sp³-hybridized carbons (Fsp3) is 0.167. The highest BCUT2D eigenvalue weighted by molar-refractivity contribution is 7.98. The first kappa shape index (κ1) is 13.0. The number of nitrogens with two attached hydrogens (primary N) is 1. The number of thioether (sulfide) groups is 1. The van der Waals surface area contributed by atoms with Crippen molar-refractivity contribution in [2.75, 3.05) is 12.8 Å². The number of hydrogen-bond donors (Lipinski definition) is 1. The number of hydrogen-bond acceptors (Lipinski definition) is 5. The monoisotopic (exact) mass is 281 g/mol. The Labute approximate surface area is 115 Å². The highest BCUT2D eigenvalue weighted by Crippen LogP contribution is 2.30. The van der Waals surface area contributed by atoms with Crippen molar-refractivity contribution in [2.45, 2.75) is 10.8 Å². The van der Waals surface area contributed by atoms with Gasteiger partial charge in [0.1, 0.15) is 10.8 Å². The number of rotatable bonds is 4. The molecule has 0 spiro atoms. The molecule has 0 fully saturated rings. The van der Waals surface area contributed by atoms with Crippen molar-refractivity contribution in [2.24, 2.45) is 0 Å². The molecule has 0 aliphatic carbocycles. The molecule has 18 heavy (non-hydrogen) atoms. The van der Waals surface area contributed by atoms with Gasteiger partial charge < -0.3 is 10.5 Å².